The van der Waals surface area contributed by atoms with Crippen LogP contribution >= 0.6 is 34.8 Å². The van der Waals surface area contributed by atoms with Crippen molar-refractivity contribution in [2.24, 2.45) is 0 Å². The van der Waals surface area contributed by atoms with Crippen LogP contribution in [0.4, 0.5) is 4.39 Å². The van der Waals surface area contributed by atoms with Crippen molar-refractivity contribution in [3.8, 4) is 0 Å². The highest BCUT2D eigenvalue weighted by Gasteiger charge is 2.27. The van der Waals surface area contributed by atoms with E-state index in [1.165, 1.54) is 16.4 Å². The van der Waals surface area contributed by atoms with Crippen LogP contribution in [0.25, 0.3) is 0 Å². The summed E-state index contributed by atoms with van der Waals surface area (Å²) in [4.78, 5) is -0.297. The number of alkyl halides is 1. The fourth-order valence-corrected chi connectivity index (χ4v) is 4.10. The molecule has 0 bridgehead atoms. The molecule has 0 aromatic heterocycles. The average molecular weight is 349 g/mol. The van der Waals surface area contributed by atoms with Gasteiger partial charge in [0.2, 0.25) is 10.0 Å². The predicted octanol–water partition coefficient (Wildman–Crippen LogP) is 3.77. The Bertz CT molecular complexity index is 545. The first-order chi connectivity index (χ1) is 8.86. The Labute approximate surface area is 127 Å². The van der Waals surface area contributed by atoms with Gasteiger partial charge in [0.05, 0.1) is 10.0 Å². The van der Waals surface area contributed by atoms with Gasteiger partial charge in [0, 0.05) is 19.0 Å². The first-order valence-electron chi connectivity index (χ1n) is 5.55. The standard InChI is InChI=1S/C11H13Cl3FNO2S/c1-2-6-16(7-5-12)19(17,18)9-4-3-8(13)11(15)10(9)14/h3-4H,2,5-7H2,1H3. The molecule has 0 saturated carbocycles. The fourth-order valence-electron chi connectivity index (χ4n) is 1.54. The molecule has 8 heteroatoms. The molecule has 1 aromatic rings. The fraction of sp³-hybridized carbons (Fsp3) is 0.455. The summed E-state index contributed by atoms with van der Waals surface area (Å²) >= 11 is 16.9. The van der Waals surface area contributed by atoms with Crippen molar-refractivity contribution in [3.63, 3.8) is 0 Å². The van der Waals surface area contributed by atoms with E-state index in [1.807, 2.05) is 6.92 Å². The molecule has 0 fully saturated rings. The van der Waals surface area contributed by atoms with E-state index in [4.69, 9.17) is 34.8 Å². The zero-order valence-corrected chi connectivity index (χ0v) is 13.3. The number of hydrogen-bond donors (Lipinski definition) is 0. The van der Waals surface area contributed by atoms with Gasteiger partial charge in [-0.1, -0.05) is 30.1 Å². The molecule has 0 N–H and O–H groups in total. The highest BCUT2D eigenvalue weighted by atomic mass is 35.5. The van der Waals surface area contributed by atoms with Crippen molar-refractivity contribution in [1.29, 1.82) is 0 Å². The normalized spacial score (nSPS) is 12.1. The van der Waals surface area contributed by atoms with Crippen LogP contribution < -0.4 is 0 Å². The second-order valence-electron chi connectivity index (χ2n) is 3.77. The van der Waals surface area contributed by atoms with E-state index < -0.39 is 20.9 Å². The third kappa shape index (κ3) is 3.73. The molecule has 3 nitrogen and oxygen atoms in total. The maximum atomic E-state index is 13.6. The topological polar surface area (TPSA) is 37.4 Å². The minimum atomic E-state index is -3.88. The molecular weight excluding hydrogens is 336 g/mol. The summed E-state index contributed by atoms with van der Waals surface area (Å²) < 4.78 is 39.5. The molecule has 0 aliphatic heterocycles. The Morgan fingerprint density at radius 2 is 1.89 bits per heavy atom. The first-order valence-corrected chi connectivity index (χ1v) is 8.29. The highest BCUT2D eigenvalue weighted by molar-refractivity contribution is 7.89. The van der Waals surface area contributed by atoms with E-state index in [0.29, 0.717) is 6.42 Å². The van der Waals surface area contributed by atoms with E-state index in [9.17, 15) is 12.8 Å². The van der Waals surface area contributed by atoms with Gasteiger partial charge < -0.3 is 0 Å². The molecule has 1 rings (SSSR count). The molecule has 108 valence electrons. The van der Waals surface area contributed by atoms with Gasteiger partial charge in [-0.3, -0.25) is 0 Å². The second kappa shape index (κ2) is 7.09. The summed E-state index contributed by atoms with van der Waals surface area (Å²) in [5, 5.41) is -0.716. The van der Waals surface area contributed by atoms with Crippen LogP contribution in [0.2, 0.25) is 10.0 Å². The van der Waals surface area contributed by atoms with Gasteiger partial charge in [-0.2, -0.15) is 4.31 Å². The van der Waals surface area contributed by atoms with Crippen LogP contribution in [0.1, 0.15) is 13.3 Å². The van der Waals surface area contributed by atoms with Crippen molar-refractivity contribution in [2.75, 3.05) is 19.0 Å². The van der Waals surface area contributed by atoms with Gasteiger partial charge in [0.25, 0.3) is 0 Å². The summed E-state index contributed by atoms with van der Waals surface area (Å²) in [6.07, 6.45) is 0.615. The van der Waals surface area contributed by atoms with E-state index >= 15 is 0 Å². The molecule has 0 amide bonds. The predicted molar refractivity (Wildman–Crippen MR) is 76.2 cm³/mol. The van der Waals surface area contributed by atoms with Gasteiger partial charge in [-0.15, -0.1) is 11.6 Å². The lowest BCUT2D eigenvalue weighted by atomic mass is 10.3. The van der Waals surface area contributed by atoms with Gasteiger partial charge >= 0.3 is 0 Å². The molecule has 0 aliphatic rings. The molecular formula is C11H13Cl3FNO2S. The minimum absolute atomic E-state index is 0.137. The maximum absolute atomic E-state index is 13.6. The van der Waals surface area contributed by atoms with Crippen LogP contribution in [-0.4, -0.2) is 31.7 Å². The number of halogens is 4. The number of sulfonamides is 1. The molecule has 19 heavy (non-hydrogen) atoms. The van der Waals surface area contributed by atoms with Crippen molar-refractivity contribution in [1.82, 2.24) is 4.31 Å². The van der Waals surface area contributed by atoms with Crippen LogP contribution in [-0.2, 0) is 10.0 Å². The van der Waals surface area contributed by atoms with Crippen LogP contribution in [0.3, 0.4) is 0 Å². The Morgan fingerprint density at radius 3 is 2.42 bits per heavy atom. The molecule has 0 atom stereocenters. The molecule has 0 saturated heterocycles. The largest absolute Gasteiger partial charge is 0.244 e. The van der Waals surface area contributed by atoms with Crippen molar-refractivity contribution in [3.05, 3.63) is 28.0 Å². The lowest BCUT2D eigenvalue weighted by Gasteiger charge is -2.21. The maximum Gasteiger partial charge on any atom is 0.244 e. The van der Waals surface area contributed by atoms with Crippen molar-refractivity contribution >= 4 is 44.8 Å². The van der Waals surface area contributed by atoms with E-state index in [2.05, 4.69) is 0 Å². The van der Waals surface area contributed by atoms with Crippen molar-refractivity contribution < 1.29 is 12.8 Å². The Hall–Kier alpha value is -0.0700. The Morgan fingerprint density at radius 1 is 1.26 bits per heavy atom. The summed E-state index contributed by atoms with van der Waals surface area (Å²) in [6.45, 7) is 2.26. The molecule has 0 heterocycles. The van der Waals surface area contributed by atoms with Crippen LogP contribution in [0.5, 0.6) is 0 Å². The first kappa shape index (κ1) is 17.0. The highest BCUT2D eigenvalue weighted by Crippen LogP contribution is 2.31. The molecule has 0 radical (unpaired) electrons. The summed E-state index contributed by atoms with van der Waals surface area (Å²) in [7, 11) is -3.88. The van der Waals surface area contributed by atoms with Crippen LogP contribution in [0.15, 0.2) is 17.0 Å². The van der Waals surface area contributed by atoms with E-state index in [1.54, 1.807) is 0 Å². The number of nitrogens with zero attached hydrogens (tertiary/aromatic N) is 1. The summed E-state index contributed by atoms with van der Waals surface area (Å²) in [6, 6.07) is 2.36. The van der Waals surface area contributed by atoms with Gasteiger partial charge in [-0.25, -0.2) is 12.8 Å². The van der Waals surface area contributed by atoms with Crippen molar-refractivity contribution in [2.45, 2.75) is 18.2 Å². The number of benzene rings is 1. The average Bonchev–Trinajstić information content (AvgIpc) is 2.35. The number of rotatable bonds is 6. The minimum Gasteiger partial charge on any atom is -0.207 e. The zero-order chi connectivity index (χ0) is 14.6. The van der Waals surface area contributed by atoms with Gasteiger partial charge in [0.1, 0.15) is 4.90 Å². The van der Waals surface area contributed by atoms with Gasteiger partial charge in [0.15, 0.2) is 5.82 Å². The lowest BCUT2D eigenvalue weighted by Crippen LogP contribution is -2.33. The summed E-state index contributed by atoms with van der Waals surface area (Å²) in [5.41, 5.74) is 0. The number of hydrogen-bond acceptors (Lipinski definition) is 2. The SMILES string of the molecule is CCCN(CCCl)S(=O)(=O)c1ccc(Cl)c(F)c1Cl. The second-order valence-corrected chi connectivity index (χ2v) is 6.84. The lowest BCUT2D eigenvalue weighted by molar-refractivity contribution is 0.428. The smallest absolute Gasteiger partial charge is 0.207 e. The molecule has 0 aliphatic carbocycles. The monoisotopic (exact) mass is 347 g/mol. The summed E-state index contributed by atoms with van der Waals surface area (Å²) in [5.74, 6) is -0.792. The van der Waals surface area contributed by atoms with Crippen LogP contribution in [0, 0.1) is 5.82 Å². The van der Waals surface area contributed by atoms with E-state index in [0.717, 1.165) is 0 Å². The molecule has 0 unspecified atom stereocenters. The zero-order valence-electron chi connectivity index (χ0n) is 10.2. The quantitative estimate of drug-likeness (QED) is 0.579. The Balaban J connectivity index is 3.29. The Kier molecular flexibility index (Phi) is 6.33. The molecule has 1 aromatic carbocycles. The third-order valence-corrected chi connectivity index (χ3v) is 5.31. The molecule has 0 spiro atoms. The third-order valence-electron chi connectivity index (χ3n) is 2.42. The van der Waals surface area contributed by atoms with E-state index in [-0.39, 0.29) is 28.9 Å². The van der Waals surface area contributed by atoms with Gasteiger partial charge in [-0.05, 0) is 18.6 Å².